The molecule has 0 bridgehead atoms. The summed E-state index contributed by atoms with van der Waals surface area (Å²) in [6.45, 7) is 1.18. The van der Waals surface area contributed by atoms with E-state index in [1.54, 1.807) is 0 Å². The van der Waals surface area contributed by atoms with E-state index in [0.29, 0.717) is 6.07 Å². The Hall–Kier alpha value is -1.29. The Bertz CT molecular complexity index is 350. The van der Waals surface area contributed by atoms with Crippen molar-refractivity contribution in [1.29, 1.82) is 0 Å². The van der Waals surface area contributed by atoms with Gasteiger partial charge in [-0.25, -0.2) is 8.78 Å². The molecule has 0 unspecified atom stereocenters. The third kappa shape index (κ3) is 1.89. The molecule has 0 aliphatic rings. The maximum absolute atomic E-state index is 13.0. The number of rotatable bonds is 2. The number of halogens is 2. The molecule has 0 heterocycles. The fourth-order valence-corrected chi connectivity index (χ4v) is 0.981. The normalized spacial score (nSPS) is 10.2. The van der Waals surface area contributed by atoms with Gasteiger partial charge in [0.1, 0.15) is 11.6 Å². The highest BCUT2D eigenvalue weighted by Crippen LogP contribution is 2.14. The van der Waals surface area contributed by atoms with E-state index in [1.165, 1.54) is 13.0 Å². The summed E-state index contributed by atoms with van der Waals surface area (Å²) in [4.78, 5) is 11.0. The van der Waals surface area contributed by atoms with Gasteiger partial charge < -0.3 is 5.73 Å². The van der Waals surface area contributed by atoms with Gasteiger partial charge in [0.15, 0.2) is 5.78 Å². The molecule has 1 aromatic rings. The smallest absolute Gasteiger partial charge is 0.179 e. The largest absolute Gasteiger partial charge is 0.324 e. The number of nitrogens with two attached hydrogens (primary N) is 1. The molecule has 1 rings (SSSR count). The molecule has 0 fully saturated rings. The van der Waals surface area contributed by atoms with Crippen LogP contribution in [0, 0.1) is 18.6 Å². The van der Waals surface area contributed by atoms with E-state index in [-0.39, 0.29) is 17.7 Å². The molecule has 2 nitrogen and oxygen atoms in total. The van der Waals surface area contributed by atoms with Crippen molar-refractivity contribution < 1.29 is 13.6 Å². The monoisotopic (exact) mass is 185 g/mol. The Morgan fingerprint density at radius 1 is 1.38 bits per heavy atom. The van der Waals surface area contributed by atoms with Gasteiger partial charge in [0, 0.05) is 6.07 Å². The molecular weight excluding hydrogens is 176 g/mol. The number of benzene rings is 1. The van der Waals surface area contributed by atoms with E-state index in [2.05, 4.69) is 0 Å². The van der Waals surface area contributed by atoms with Crippen molar-refractivity contribution in [2.45, 2.75) is 6.92 Å². The van der Waals surface area contributed by atoms with Gasteiger partial charge in [-0.3, -0.25) is 4.79 Å². The maximum Gasteiger partial charge on any atom is 0.179 e. The molecule has 0 saturated carbocycles. The average molecular weight is 185 g/mol. The minimum Gasteiger partial charge on any atom is -0.324 e. The highest BCUT2D eigenvalue weighted by atomic mass is 19.1. The predicted octanol–water partition coefficient (Wildman–Crippen LogP) is 1.41. The number of Topliss-reactive ketones (excluding diaryl/α,β-unsaturated/α-hetero) is 1. The molecule has 0 amide bonds. The summed E-state index contributed by atoms with van der Waals surface area (Å²) in [5, 5.41) is 0. The van der Waals surface area contributed by atoms with Crippen LogP contribution in [-0.4, -0.2) is 12.3 Å². The van der Waals surface area contributed by atoms with Gasteiger partial charge >= 0.3 is 0 Å². The molecule has 0 radical (unpaired) electrons. The van der Waals surface area contributed by atoms with Crippen LogP contribution in [0.3, 0.4) is 0 Å². The van der Waals surface area contributed by atoms with Gasteiger partial charge in [-0.15, -0.1) is 0 Å². The van der Waals surface area contributed by atoms with Gasteiger partial charge in [-0.1, -0.05) is 0 Å². The first-order valence-electron chi connectivity index (χ1n) is 3.75. The molecule has 0 aromatic heterocycles. The van der Waals surface area contributed by atoms with Crippen LogP contribution in [0.15, 0.2) is 12.1 Å². The average Bonchev–Trinajstić information content (AvgIpc) is 2.10. The predicted molar refractivity (Wildman–Crippen MR) is 44.5 cm³/mol. The van der Waals surface area contributed by atoms with E-state index in [9.17, 15) is 13.6 Å². The number of ketones is 1. The first-order chi connectivity index (χ1) is 6.06. The van der Waals surface area contributed by atoms with Crippen LogP contribution in [-0.2, 0) is 0 Å². The summed E-state index contributed by atoms with van der Waals surface area (Å²) in [7, 11) is 0. The quantitative estimate of drug-likeness (QED) is 0.708. The van der Waals surface area contributed by atoms with E-state index in [0.717, 1.165) is 0 Å². The van der Waals surface area contributed by atoms with E-state index in [1.807, 2.05) is 0 Å². The zero-order valence-electron chi connectivity index (χ0n) is 7.10. The molecule has 13 heavy (non-hydrogen) atoms. The lowest BCUT2D eigenvalue weighted by Gasteiger charge is -2.02. The van der Waals surface area contributed by atoms with Crippen molar-refractivity contribution in [2.24, 2.45) is 5.73 Å². The Balaban J connectivity index is 3.23. The van der Waals surface area contributed by atoms with E-state index >= 15 is 0 Å². The highest BCUT2D eigenvalue weighted by molar-refractivity contribution is 5.97. The Morgan fingerprint density at radius 2 is 2.00 bits per heavy atom. The fraction of sp³-hybridized carbons (Fsp3) is 0.222. The Labute approximate surface area is 74.4 Å². The second-order valence-corrected chi connectivity index (χ2v) is 2.71. The molecule has 2 N–H and O–H groups in total. The lowest BCUT2D eigenvalue weighted by atomic mass is 10.1. The molecule has 0 spiro atoms. The first-order valence-corrected chi connectivity index (χ1v) is 3.75. The van der Waals surface area contributed by atoms with Crippen LogP contribution in [0.4, 0.5) is 8.78 Å². The van der Waals surface area contributed by atoms with Crippen LogP contribution in [0.25, 0.3) is 0 Å². The van der Waals surface area contributed by atoms with Gasteiger partial charge in [0.2, 0.25) is 0 Å². The summed E-state index contributed by atoms with van der Waals surface area (Å²) < 4.78 is 25.7. The number of carbonyl (C=O) groups is 1. The van der Waals surface area contributed by atoms with Crippen molar-refractivity contribution in [1.82, 2.24) is 0 Å². The molecular formula is C9H9F2NO. The second kappa shape index (κ2) is 3.62. The van der Waals surface area contributed by atoms with Gasteiger partial charge in [-0.2, -0.15) is 0 Å². The molecule has 1 aromatic carbocycles. The first kappa shape index (κ1) is 9.80. The lowest BCUT2D eigenvalue weighted by Crippen LogP contribution is -2.15. The molecule has 0 aliphatic carbocycles. The summed E-state index contributed by atoms with van der Waals surface area (Å²) in [6.07, 6.45) is 0. The van der Waals surface area contributed by atoms with Crippen LogP contribution in [0.5, 0.6) is 0 Å². The number of hydrogen-bond acceptors (Lipinski definition) is 2. The second-order valence-electron chi connectivity index (χ2n) is 2.71. The maximum atomic E-state index is 13.0. The van der Waals surface area contributed by atoms with Crippen molar-refractivity contribution in [3.05, 3.63) is 34.9 Å². The van der Waals surface area contributed by atoms with Crippen LogP contribution >= 0.6 is 0 Å². The summed E-state index contributed by atoms with van der Waals surface area (Å²) in [6, 6.07) is 1.86. The van der Waals surface area contributed by atoms with Gasteiger partial charge in [0.25, 0.3) is 0 Å². The third-order valence-electron chi connectivity index (χ3n) is 1.73. The number of aryl methyl sites for hydroxylation is 1. The van der Waals surface area contributed by atoms with Crippen molar-refractivity contribution in [3.63, 3.8) is 0 Å². The summed E-state index contributed by atoms with van der Waals surface area (Å²) in [5.41, 5.74) is 5.13. The molecule has 0 aliphatic heterocycles. The Morgan fingerprint density at radius 3 is 2.54 bits per heavy atom. The lowest BCUT2D eigenvalue weighted by molar-refractivity contribution is 0.0997. The molecule has 0 atom stereocenters. The Kier molecular flexibility index (Phi) is 2.72. The molecule has 0 saturated heterocycles. The summed E-state index contributed by atoms with van der Waals surface area (Å²) in [5.74, 6) is -2.05. The third-order valence-corrected chi connectivity index (χ3v) is 1.73. The zero-order valence-corrected chi connectivity index (χ0v) is 7.10. The molecule has 4 heteroatoms. The van der Waals surface area contributed by atoms with Gasteiger partial charge in [0.05, 0.1) is 12.1 Å². The number of carbonyl (C=O) groups excluding carboxylic acids is 1. The minimum absolute atomic E-state index is 0.151. The van der Waals surface area contributed by atoms with Crippen molar-refractivity contribution in [2.75, 3.05) is 6.54 Å². The number of hydrogen-bond donors (Lipinski definition) is 1. The standard InChI is InChI=1S/C9H9F2NO/c1-5-2-6(9(13)4-12)8(11)3-7(5)10/h2-3H,4,12H2,1H3. The fourth-order valence-electron chi connectivity index (χ4n) is 0.981. The molecule has 70 valence electrons. The SMILES string of the molecule is Cc1cc(C(=O)CN)c(F)cc1F. The van der Waals surface area contributed by atoms with Crippen LogP contribution < -0.4 is 5.73 Å². The zero-order chi connectivity index (χ0) is 10.0. The highest BCUT2D eigenvalue weighted by Gasteiger charge is 2.12. The van der Waals surface area contributed by atoms with Crippen molar-refractivity contribution in [3.8, 4) is 0 Å². The summed E-state index contributed by atoms with van der Waals surface area (Å²) >= 11 is 0. The van der Waals surface area contributed by atoms with Crippen molar-refractivity contribution >= 4 is 5.78 Å². The minimum atomic E-state index is -0.862. The van der Waals surface area contributed by atoms with Gasteiger partial charge in [-0.05, 0) is 18.6 Å². The van der Waals surface area contributed by atoms with Crippen LogP contribution in [0.2, 0.25) is 0 Å². The topological polar surface area (TPSA) is 43.1 Å². The van der Waals surface area contributed by atoms with E-state index in [4.69, 9.17) is 5.73 Å². The van der Waals surface area contributed by atoms with Crippen LogP contribution in [0.1, 0.15) is 15.9 Å². The van der Waals surface area contributed by atoms with E-state index < -0.39 is 17.4 Å².